The fraction of sp³-hybridized carbons (Fsp3) is 0.444. The Morgan fingerprint density at radius 3 is 2.05 bits per heavy atom. The Morgan fingerprint density at radius 2 is 1.62 bits per heavy atom. The van der Waals surface area contributed by atoms with Gasteiger partial charge in [-0.1, -0.05) is 0 Å². The van der Waals surface area contributed by atoms with Gasteiger partial charge in [0.15, 0.2) is 0 Å². The largest absolute Gasteiger partial charge is 0.490 e. The average molecular weight is 599 g/mol. The predicted octanol–water partition coefficient (Wildman–Crippen LogP) is 3.92. The number of pyridine rings is 1. The number of halogens is 3. The SMILES string of the molecule is Cc1cc(COc2ccc(N3CC[C@H]([C@@H](C(=O)NO)N(C(=O)O)C(C)(C)C)C3=O)cc2)cc(C)n1.O=C(O)C(F)(F)F. The van der Waals surface area contributed by atoms with E-state index in [2.05, 4.69) is 4.98 Å². The first-order valence-corrected chi connectivity index (χ1v) is 12.6. The molecule has 0 aliphatic carbocycles. The van der Waals surface area contributed by atoms with E-state index >= 15 is 0 Å². The molecule has 2 atom stereocenters. The number of carbonyl (C=O) groups excluding carboxylic acids is 2. The molecule has 0 saturated carbocycles. The molecule has 2 heterocycles. The summed E-state index contributed by atoms with van der Waals surface area (Å²) in [5, 5.41) is 26.2. The molecule has 1 aliphatic rings. The van der Waals surface area contributed by atoms with E-state index in [0.29, 0.717) is 24.6 Å². The van der Waals surface area contributed by atoms with Crippen LogP contribution in [0.1, 0.15) is 44.1 Å². The van der Waals surface area contributed by atoms with Gasteiger partial charge in [0.25, 0.3) is 5.91 Å². The third-order valence-electron chi connectivity index (χ3n) is 6.15. The van der Waals surface area contributed by atoms with Crippen molar-refractivity contribution in [3.63, 3.8) is 0 Å². The number of anilines is 1. The van der Waals surface area contributed by atoms with Crippen LogP contribution in [0.25, 0.3) is 0 Å². The smallest absolute Gasteiger partial charge is 0.489 e. The van der Waals surface area contributed by atoms with Crippen LogP contribution in [0.15, 0.2) is 36.4 Å². The molecule has 1 aromatic carbocycles. The molecule has 0 unspecified atom stereocenters. The summed E-state index contributed by atoms with van der Waals surface area (Å²) in [5.74, 6) is -4.39. The molecular formula is C27H33F3N4O8. The van der Waals surface area contributed by atoms with Crippen molar-refractivity contribution in [3.8, 4) is 5.75 Å². The van der Waals surface area contributed by atoms with E-state index in [1.165, 1.54) is 10.4 Å². The van der Waals surface area contributed by atoms with Crippen LogP contribution in [0.4, 0.5) is 23.7 Å². The van der Waals surface area contributed by atoms with Gasteiger partial charge in [-0.2, -0.15) is 13.2 Å². The summed E-state index contributed by atoms with van der Waals surface area (Å²) in [4.78, 5) is 53.5. The molecule has 42 heavy (non-hydrogen) atoms. The van der Waals surface area contributed by atoms with E-state index in [0.717, 1.165) is 21.9 Å². The summed E-state index contributed by atoms with van der Waals surface area (Å²) < 4.78 is 37.6. The minimum Gasteiger partial charge on any atom is -0.489 e. The molecule has 230 valence electrons. The van der Waals surface area contributed by atoms with E-state index in [9.17, 15) is 37.9 Å². The fourth-order valence-electron chi connectivity index (χ4n) is 4.51. The highest BCUT2D eigenvalue weighted by atomic mass is 19.4. The number of rotatable bonds is 7. The lowest BCUT2D eigenvalue weighted by Crippen LogP contribution is -2.60. The Bertz CT molecular complexity index is 1280. The lowest BCUT2D eigenvalue weighted by Gasteiger charge is -2.40. The first kappa shape index (κ1) is 33.8. The molecule has 0 radical (unpaired) electrons. The molecule has 4 N–H and O–H groups in total. The van der Waals surface area contributed by atoms with Gasteiger partial charge >= 0.3 is 18.2 Å². The number of carbonyl (C=O) groups is 4. The van der Waals surface area contributed by atoms with Crippen LogP contribution in [0.5, 0.6) is 5.75 Å². The number of alkyl halides is 3. The zero-order valence-electron chi connectivity index (χ0n) is 23.6. The number of nitrogens with zero attached hydrogens (tertiary/aromatic N) is 3. The van der Waals surface area contributed by atoms with Crippen LogP contribution in [-0.2, 0) is 21.0 Å². The predicted molar refractivity (Wildman–Crippen MR) is 142 cm³/mol. The maximum atomic E-state index is 13.3. The van der Waals surface area contributed by atoms with E-state index in [1.54, 1.807) is 45.0 Å². The van der Waals surface area contributed by atoms with Gasteiger partial charge < -0.3 is 19.8 Å². The summed E-state index contributed by atoms with van der Waals surface area (Å²) in [6.45, 7) is 9.43. The molecule has 1 saturated heterocycles. The summed E-state index contributed by atoms with van der Waals surface area (Å²) in [6.07, 6.45) is -6.17. The van der Waals surface area contributed by atoms with E-state index < -0.39 is 41.6 Å². The summed E-state index contributed by atoms with van der Waals surface area (Å²) >= 11 is 0. The van der Waals surface area contributed by atoms with Crippen molar-refractivity contribution in [1.29, 1.82) is 0 Å². The number of carboxylic acid groups (broad SMARTS) is 2. The standard InChI is InChI=1S/C25H32N4O6.C2HF3O2/c1-15-12-17(13-16(2)26-15)14-35-19-8-6-18(7-9-19)28-11-10-20(23(28)31)21(22(30)27-34)29(24(32)33)25(3,4)5;3-2(4,5)1(6)7/h6-9,12-13,20-21,34H,10-11,14H2,1-5H3,(H,27,30)(H,32,33);(H,6,7)/t20-,21+;/m1./s1. The molecule has 0 bridgehead atoms. The maximum Gasteiger partial charge on any atom is 0.490 e. The van der Waals surface area contributed by atoms with Crippen molar-refractivity contribution in [3.05, 3.63) is 53.3 Å². The quantitative estimate of drug-likeness (QED) is 0.273. The van der Waals surface area contributed by atoms with E-state index in [-0.39, 0.29) is 12.3 Å². The Kier molecular flexibility index (Phi) is 10.9. The molecule has 3 amide bonds. The Hall–Kier alpha value is -4.40. The van der Waals surface area contributed by atoms with Gasteiger partial charge in [0.1, 0.15) is 18.4 Å². The first-order chi connectivity index (χ1) is 19.4. The number of amides is 3. The molecule has 12 nitrogen and oxygen atoms in total. The highest BCUT2D eigenvalue weighted by molar-refractivity contribution is 6.01. The number of hydroxylamine groups is 1. The van der Waals surface area contributed by atoms with Crippen molar-refractivity contribution in [2.75, 3.05) is 11.4 Å². The lowest BCUT2D eigenvalue weighted by atomic mass is 9.92. The van der Waals surface area contributed by atoms with E-state index in [4.69, 9.17) is 14.6 Å². The minimum atomic E-state index is -5.08. The zero-order chi connectivity index (χ0) is 32.0. The number of hydrogen-bond acceptors (Lipinski definition) is 7. The Morgan fingerprint density at radius 1 is 1.10 bits per heavy atom. The second-order valence-corrected chi connectivity index (χ2v) is 10.5. The van der Waals surface area contributed by atoms with E-state index in [1.807, 2.05) is 26.0 Å². The number of benzene rings is 1. The molecule has 1 fully saturated rings. The first-order valence-electron chi connectivity index (χ1n) is 12.6. The van der Waals surface area contributed by atoms with Gasteiger partial charge in [-0.15, -0.1) is 0 Å². The third-order valence-corrected chi connectivity index (χ3v) is 6.15. The van der Waals surface area contributed by atoms with Crippen molar-refractivity contribution >= 4 is 29.6 Å². The van der Waals surface area contributed by atoms with Crippen molar-refractivity contribution < 1.29 is 52.5 Å². The zero-order valence-corrected chi connectivity index (χ0v) is 23.6. The third kappa shape index (κ3) is 8.80. The Balaban J connectivity index is 0.000000782. The van der Waals surface area contributed by atoms with Gasteiger partial charge in [-0.25, -0.2) is 15.1 Å². The van der Waals surface area contributed by atoms with Crippen LogP contribution in [-0.4, -0.2) is 73.5 Å². The van der Waals surface area contributed by atoms with Crippen LogP contribution in [0.3, 0.4) is 0 Å². The van der Waals surface area contributed by atoms with Crippen LogP contribution < -0.4 is 15.1 Å². The van der Waals surface area contributed by atoms with Crippen LogP contribution in [0.2, 0.25) is 0 Å². The van der Waals surface area contributed by atoms with Crippen LogP contribution in [0, 0.1) is 19.8 Å². The number of aryl methyl sites for hydroxylation is 2. The molecule has 3 rings (SSSR count). The topological polar surface area (TPSA) is 170 Å². The molecule has 0 spiro atoms. The van der Waals surface area contributed by atoms with Gasteiger partial charge in [-0.3, -0.25) is 24.7 Å². The second-order valence-electron chi connectivity index (χ2n) is 10.5. The van der Waals surface area contributed by atoms with Crippen molar-refractivity contribution in [2.45, 2.75) is 65.4 Å². The Labute approximate surface area is 239 Å². The number of carboxylic acids is 1. The fourth-order valence-corrected chi connectivity index (χ4v) is 4.51. The monoisotopic (exact) mass is 598 g/mol. The summed E-state index contributed by atoms with van der Waals surface area (Å²) in [6, 6.07) is 9.56. The molecule has 1 aromatic heterocycles. The maximum absolute atomic E-state index is 13.3. The van der Waals surface area contributed by atoms with Gasteiger partial charge in [0, 0.05) is 29.2 Å². The second kappa shape index (κ2) is 13.5. The van der Waals surface area contributed by atoms with Crippen LogP contribution >= 0.6 is 0 Å². The number of aromatic nitrogens is 1. The number of nitrogens with one attached hydrogen (secondary N) is 1. The van der Waals surface area contributed by atoms with Crippen molar-refractivity contribution in [2.24, 2.45) is 5.92 Å². The highest BCUT2D eigenvalue weighted by Crippen LogP contribution is 2.33. The molecule has 1 aliphatic heterocycles. The molecule has 2 aromatic rings. The number of hydrogen-bond donors (Lipinski definition) is 4. The molecular weight excluding hydrogens is 565 g/mol. The average Bonchev–Trinajstić information content (AvgIpc) is 3.24. The van der Waals surface area contributed by atoms with Gasteiger partial charge in [-0.05, 0) is 83.0 Å². The number of aliphatic carboxylic acids is 1. The lowest BCUT2D eigenvalue weighted by molar-refractivity contribution is -0.192. The molecule has 15 heteroatoms. The van der Waals surface area contributed by atoms with Gasteiger partial charge in [0.2, 0.25) is 5.91 Å². The summed E-state index contributed by atoms with van der Waals surface area (Å²) in [5.41, 5.74) is 4.02. The normalized spacial score (nSPS) is 15.8. The van der Waals surface area contributed by atoms with Gasteiger partial charge in [0.05, 0.1) is 5.92 Å². The highest BCUT2D eigenvalue weighted by Gasteiger charge is 2.48. The summed E-state index contributed by atoms with van der Waals surface area (Å²) in [7, 11) is 0. The van der Waals surface area contributed by atoms with Crippen molar-refractivity contribution in [1.82, 2.24) is 15.4 Å². The minimum absolute atomic E-state index is 0.260. The number of ether oxygens (including phenoxy) is 1.